The first-order chi connectivity index (χ1) is 12.4. The van der Waals surface area contributed by atoms with E-state index in [1.54, 1.807) is 19.1 Å². The van der Waals surface area contributed by atoms with Gasteiger partial charge in [-0.2, -0.15) is 0 Å². The predicted molar refractivity (Wildman–Crippen MR) is 95.0 cm³/mol. The molecule has 0 fully saturated rings. The van der Waals surface area contributed by atoms with Gasteiger partial charge in [0.1, 0.15) is 17.1 Å². The van der Waals surface area contributed by atoms with E-state index in [4.69, 9.17) is 20.8 Å². The molecule has 0 saturated carbocycles. The lowest BCUT2D eigenvalue weighted by Crippen LogP contribution is -2.24. The molecule has 2 aromatic carbocycles. The normalized spacial score (nSPS) is 12.0. The van der Waals surface area contributed by atoms with E-state index in [9.17, 15) is 14.0 Å². The van der Waals surface area contributed by atoms with Crippen molar-refractivity contribution in [1.29, 1.82) is 0 Å². The number of hydrogen-bond donors (Lipinski definition) is 0. The van der Waals surface area contributed by atoms with Crippen LogP contribution < -0.4 is 10.4 Å². The summed E-state index contributed by atoms with van der Waals surface area (Å²) in [4.78, 5) is 23.4. The number of benzene rings is 2. The predicted octanol–water partition coefficient (Wildman–Crippen LogP) is 4.19. The molecule has 0 spiro atoms. The minimum absolute atomic E-state index is 0.177. The van der Waals surface area contributed by atoms with Gasteiger partial charge in [-0.05, 0) is 37.3 Å². The van der Waals surface area contributed by atoms with Gasteiger partial charge in [0.2, 0.25) is 0 Å². The zero-order valence-electron chi connectivity index (χ0n) is 13.9. The van der Waals surface area contributed by atoms with Crippen LogP contribution in [-0.4, -0.2) is 19.2 Å². The summed E-state index contributed by atoms with van der Waals surface area (Å²) in [6, 6.07) is 10.0. The minimum atomic E-state index is -0.820. The van der Waals surface area contributed by atoms with Gasteiger partial charge >= 0.3 is 11.6 Å². The van der Waals surface area contributed by atoms with Crippen LogP contribution in [0.1, 0.15) is 6.92 Å². The van der Waals surface area contributed by atoms with E-state index < -0.39 is 23.5 Å². The van der Waals surface area contributed by atoms with Gasteiger partial charge in [0.05, 0.1) is 12.1 Å². The topological polar surface area (TPSA) is 65.7 Å². The second-order valence-electron chi connectivity index (χ2n) is 5.54. The quantitative estimate of drug-likeness (QED) is 0.504. The van der Waals surface area contributed by atoms with Crippen LogP contribution in [0, 0.1) is 5.82 Å². The molecule has 3 aromatic rings. The summed E-state index contributed by atoms with van der Waals surface area (Å²) in [5.41, 5.74) is 0.671. The molecule has 0 unspecified atom stereocenters. The molecule has 0 aliphatic heterocycles. The Morgan fingerprint density at radius 2 is 1.92 bits per heavy atom. The van der Waals surface area contributed by atoms with Crippen LogP contribution in [0.2, 0.25) is 5.02 Å². The third-order valence-electron chi connectivity index (χ3n) is 3.78. The largest absolute Gasteiger partial charge is 0.479 e. The molecule has 3 rings (SSSR count). The van der Waals surface area contributed by atoms with Crippen molar-refractivity contribution in [2.24, 2.45) is 0 Å². The number of hydrogen-bond acceptors (Lipinski definition) is 5. The summed E-state index contributed by atoms with van der Waals surface area (Å²) in [5.74, 6) is -0.669. The molecular formula is C19H14ClFO5. The Morgan fingerprint density at radius 1 is 1.15 bits per heavy atom. The van der Waals surface area contributed by atoms with E-state index in [0.29, 0.717) is 22.3 Å². The highest BCUT2D eigenvalue weighted by Gasteiger charge is 2.16. The lowest BCUT2D eigenvalue weighted by Gasteiger charge is -2.13. The van der Waals surface area contributed by atoms with Crippen molar-refractivity contribution >= 4 is 28.5 Å². The van der Waals surface area contributed by atoms with E-state index in [-0.39, 0.29) is 10.6 Å². The van der Waals surface area contributed by atoms with Crippen molar-refractivity contribution in [1.82, 2.24) is 0 Å². The summed E-state index contributed by atoms with van der Waals surface area (Å²) in [6.45, 7) is 1.54. The van der Waals surface area contributed by atoms with Gasteiger partial charge in [-0.25, -0.2) is 14.0 Å². The fraction of sp³-hybridized carbons (Fsp3) is 0.158. The average molecular weight is 377 g/mol. The Morgan fingerprint density at radius 3 is 2.62 bits per heavy atom. The maximum Gasteiger partial charge on any atom is 0.346 e. The standard InChI is InChI=1S/C19H14ClFO5/c1-10(19(23)24-2)25-12-4-6-14-15(9-18(22)26-17(14)8-12)13-5-3-11(21)7-16(13)20/h3-10H,1-2H3/t10-/m1/s1. The van der Waals surface area contributed by atoms with Gasteiger partial charge in [0, 0.05) is 28.6 Å². The zero-order valence-corrected chi connectivity index (χ0v) is 14.7. The molecule has 1 heterocycles. The van der Waals surface area contributed by atoms with Gasteiger partial charge < -0.3 is 13.9 Å². The van der Waals surface area contributed by atoms with Gasteiger partial charge in [0.15, 0.2) is 6.10 Å². The van der Waals surface area contributed by atoms with Gasteiger partial charge in [-0.3, -0.25) is 0 Å². The van der Waals surface area contributed by atoms with Crippen LogP contribution in [0.15, 0.2) is 51.7 Å². The second-order valence-corrected chi connectivity index (χ2v) is 5.95. The number of rotatable bonds is 4. The molecule has 134 valence electrons. The van der Waals surface area contributed by atoms with Crippen LogP contribution >= 0.6 is 11.6 Å². The molecule has 5 nitrogen and oxygen atoms in total. The molecule has 1 aromatic heterocycles. The molecular weight excluding hydrogens is 363 g/mol. The van der Waals surface area contributed by atoms with Crippen LogP contribution in [0.25, 0.3) is 22.1 Å². The second kappa shape index (κ2) is 7.17. The van der Waals surface area contributed by atoms with Crippen LogP contribution in [0.4, 0.5) is 4.39 Å². The van der Waals surface area contributed by atoms with Crippen molar-refractivity contribution in [3.8, 4) is 16.9 Å². The highest BCUT2D eigenvalue weighted by Crippen LogP contribution is 2.34. The Kier molecular flexibility index (Phi) is 4.95. The summed E-state index contributed by atoms with van der Waals surface area (Å²) in [6.07, 6.45) is -0.820. The van der Waals surface area contributed by atoms with Crippen molar-refractivity contribution in [2.45, 2.75) is 13.0 Å². The van der Waals surface area contributed by atoms with E-state index in [2.05, 4.69) is 4.74 Å². The number of ether oxygens (including phenoxy) is 2. The molecule has 0 N–H and O–H groups in total. The highest BCUT2D eigenvalue weighted by molar-refractivity contribution is 6.33. The summed E-state index contributed by atoms with van der Waals surface area (Å²) >= 11 is 6.12. The highest BCUT2D eigenvalue weighted by atomic mass is 35.5. The fourth-order valence-corrected chi connectivity index (χ4v) is 2.83. The summed E-state index contributed by atoms with van der Waals surface area (Å²) in [7, 11) is 1.26. The first-order valence-corrected chi connectivity index (χ1v) is 8.04. The molecule has 1 atom stereocenters. The number of fused-ring (bicyclic) bond motifs is 1. The Hall–Kier alpha value is -2.86. The third kappa shape index (κ3) is 3.55. The van der Waals surface area contributed by atoms with Crippen LogP contribution in [0.5, 0.6) is 5.75 Å². The number of carbonyl (C=O) groups is 1. The van der Waals surface area contributed by atoms with Gasteiger partial charge in [-0.1, -0.05) is 11.6 Å². The van der Waals surface area contributed by atoms with Crippen molar-refractivity contribution < 1.29 is 23.1 Å². The first kappa shape index (κ1) is 17.9. The van der Waals surface area contributed by atoms with E-state index in [1.165, 1.54) is 37.4 Å². The average Bonchev–Trinajstić information content (AvgIpc) is 2.60. The number of halogens is 2. The third-order valence-corrected chi connectivity index (χ3v) is 4.10. The Bertz CT molecular complexity index is 1040. The van der Waals surface area contributed by atoms with Crippen LogP contribution in [-0.2, 0) is 9.53 Å². The van der Waals surface area contributed by atoms with E-state index in [0.717, 1.165) is 0 Å². The van der Waals surface area contributed by atoms with Gasteiger partial charge in [-0.15, -0.1) is 0 Å². The summed E-state index contributed by atoms with van der Waals surface area (Å²) in [5, 5.41) is 0.771. The molecule has 0 bridgehead atoms. The molecule has 0 amide bonds. The minimum Gasteiger partial charge on any atom is -0.479 e. The maximum atomic E-state index is 13.3. The maximum absolute atomic E-state index is 13.3. The number of methoxy groups -OCH3 is 1. The van der Waals surface area contributed by atoms with E-state index >= 15 is 0 Å². The van der Waals surface area contributed by atoms with Crippen molar-refractivity contribution in [3.05, 3.63) is 63.7 Å². The summed E-state index contributed by atoms with van der Waals surface area (Å²) < 4.78 is 28.6. The SMILES string of the molecule is COC(=O)[C@@H](C)Oc1ccc2c(-c3ccc(F)cc3Cl)cc(=O)oc2c1. The smallest absolute Gasteiger partial charge is 0.346 e. The van der Waals surface area contributed by atoms with Crippen LogP contribution in [0.3, 0.4) is 0 Å². The zero-order chi connectivity index (χ0) is 18.8. The fourth-order valence-electron chi connectivity index (χ4n) is 2.57. The molecule has 26 heavy (non-hydrogen) atoms. The van der Waals surface area contributed by atoms with Crippen molar-refractivity contribution in [3.63, 3.8) is 0 Å². The van der Waals surface area contributed by atoms with Gasteiger partial charge in [0.25, 0.3) is 0 Å². The molecule has 0 saturated heterocycles. The monoisotopic (exact) mass is 376 g/mol. The number of carbonyl (C=O) groups excluding carboxylic acids is 1. The number of esters is 1. The molecule has 0 aliphatic rings. The van der Waals surface area contributed by atoms with Crippen molar-refractivity contribution in [2.75, 3.05) is 7.11 Å². The first-order valence-electron chi connectivity index (χ1n) is 7.67. The Balaban J connectivity index is 2.09. The molecule has 0 aliphatic carbocycles. The molecule has 7 heteroatoms. The molecule has 0 radical (unpaired) electrons. The lowest BCUT2D eigenvalue weighted by atomic mass is 10.0. The lowest BCUT2D eigenvalue weighted by molar-refractivity contribution is -0.147. The van der Waals surface area contributed by atoms with E-state index in [1.807, 2.05) is 0 Å². The Labute approximate surface area is 152 Å².